The molecule has 4 aliphatic rings. The maximum absolute atomic E-state index is 13.9. The van der Waals surface area contributed by atoms with Crippen molar-refractivity contribution in [3.8, 4) is 5.75 Å². The van der Waals surface area contributed by atoms with E-state index in [2.05, 4.69) is 23.2 Å². The van der Waals surface area contributed by atoms with Crippen LogP contribution in [0.3, 0.4) is 0 Å². The summed E-state index contributed by atoms with van der Waals surface area (Å²) in [5.74, 6) is -3.24. The fourth-order valence-electron chi connectivity index (χ4n) is 6.27. The molecule has 0 radical (unpaired) electrons. The van der Waals surface area contributed by atoms with Crippen LogP contribution >= 0.6 is 0 Å². The van der Waals surface area contributed by atoms with Crippen molar-refractivity contribution in [1.29, 1.82) is 0 Å². The molecule has 45 heavy (non-hydrogen) atoms. The molecule has 0 unspecified atom stereocenters. The Morgan fingerprint density at radius 1 is 1.13 bits per heavy atom. The van der Waals surface area contributed by atoms with Gasteiger partial charge >= 0.3 is 6.09 Å². The molecule has 3 saturated carbocycles. The van der Waals surface area contributed by atoms with E-state index in [1.807, 2.05) is 12.1 Å². The lowest BCUT2D eigenvalue weighted by molar-refractivity contribution is -0.140. The van der Waals surface area contributed by atoms with E-state index >= 15 is 0 Å². The molecule has 0 saturated heterocycles. The van der Waals surface area contributed by atoms with Gasteiger partial charge in [0.1, 0.15) is 24.0 Å². The van der Waals surface area contributed by atoms with Crippen LogP contribution in [-0.2, 0) is 29.1 Å². The van der Waals surface area contributed by atoms with Gasteiger partial charge in [-0.2, -0.15) is 0 Å². The predicted octanol–water partition coefficient (Wildman–Crippen LogP) is 2.90. The van der Waals surface area contributed by atoms with Crippen LogP contribution in [0.4, 0.5) is 10.5 Å². The fraction of sp³-hybridized carbons (Fsp3) is 0.562. The highest BCUT2D eigenvalue weighted by molar-refractivity contribution is 7.91. The standard InChI is InChI=1S/C32H42N4O8S/c1-4-6-7-10-15-35(3)29(38)25-19-22(44-31(40)36-16-17-43-27-12-9-8-11-26(27)36)18-24(25)28(37)33-32(20-21(32)5-2)30(39)34-45(41,42)23-13-14-23/h4-5,8-9,11-12,21-25H,1-2,6-7,10,13-20H2,3H3,(H,33,37)(H,34,39)/t21-,22-,24-,25-,32-/m1/s1. The SMILES string of the molecule is C=CCCCCN(C)C(=O)[C@@H]1C[C@H](OC(=O)N2CCOc3ccccc32)C[C@H]1C(=O)N[C@]1(C(=O)NS(=O)(=O)C2CC2)C[C@H]1C=C. The second-order valence-electron chi connectivity index (χ2n) is 12.4. The lowest BCUT2D eigenvalue weighted by Gasteiger charge is -2.29. The first-order chi connectivity index (χ1) is 21.5. The topological polar surface area (TPSA) is 151 Å². The van der Waals surface area contributed by atoms with E-state index < -0.39 is 62.6 Å². The minimum absolute atomic E-state index is 0.0705. The van der Waals surface area contributed by atoms with Crippen molar-refractivity contribution < 1.29 is 37.1 Å². The molecule has 4 amide bonds. The van der Waals surface area contributed by atoms with Crippen molar-refractivity contribution in [1.82, 2.24) is 14.9 Å². The molecule has 2 N–H and O–H groups in total. The highest BCUT2D eigenvalue weighted by Crippen LogP contribution is 2.46. The molecule has 3 aliphatic carbocycles. The van der Waals surface area contributed by atoms with Gasteiger partial charge in [-0.3, -0.25) is 24.0 Å². The van der Waals surface area contributed by atoms with Crippen LogP contribution in [0.15, 0.2) is 49.6 Å². The van der Waals surface area contributed by atoms with E-state index in [-0.39, 0.29) is 31.7 Å². The third kappa shape index (κ3) is 7.03. The number of amides is 4. The number of sulfonamides is 1. The number of carbonyl (C=O) groups excluding carboxylic acids is 4. The summed E-state index contributed by atoms with van der Waals surface area (Å²) in [6.45, 7) is 8.53. The first kappa shape index (κ1) is 32.5. The van der Waals surface area contributed by atoms with Crippen LogP contribution in [0, 0.1) is 17.8 Å². The predicted molar refractivity (Wildman–Crippen MR) is 167 cm³/mol. The van der Waals surface area contributed by atoms with Gasteiger partial charge in [0.2, 0.25) is 21.8 Å². The van der Waals surface area contributed by atoms with Gasteiger partial charge in [0.05, 0.1) is 29.3 Å². The van der Waals surface area contributed by atoms with E-state index in [0.29, 0.717) is 37.4 Å². The number of nitrogens with one attached hydrogen (secondary N) is 2. The number of rotatable bonds is 13. The van der Waals surface area contributed by atoms with Crippen LogP contribution in [-0.4, -0.2) is 80.8 Å². The smallest absolute Gasteiger partial charge is 0.414 e. The van der Waals surface area contributed by atoms with E-state index in [9.17, 15) is 27.6 Å². The van der Waals surface area contributed by atoms with E-state index in [0.717, 1.165) is 19.3 Å². The first-order valence-electron chi connectivity index (χ1n) is 15.6. The molecule has 1 heterocycles. The summed E-state index contributed by atoms with van der Waals surface area (Å²) in [7, 11) is -2.16. The van der Waals surface area contributed by atoms with Gasteiger partial charge < -0.3 is 19.7 Å². The number of anilines is 1. The second-order valence-corrected chi connectivity index (χ2v) is 14.3. The average molecular weight is 643 g/mol. The molecule has 0 aromatic heterocycles. The molecule has 5 rings (SSSR count). The number of hydrogen-bond acceptors (Lipinski definition) is 8. The molecule has 12 nitrogen and oxygen atoms in total. The van der Waals surface area contributed by atoms with Gasteiger partial charge in [-0.1, -0.05) is 24.3 Å². The van der Waals surface area contributed by atoms with Crippen molar-refractivity contribution in [2.45, 2.75) is 68.3 Å². The molecule has 0 bridgehead atoms. The van der Waals surface area contributed by atoms with Crippen LogP contribution in [0.25, 0.3) is 0 Å². The van der Waals surface area contributed by atoms with Crippen molar-refractivity contribution in [3.05, 3.63) is 49.6 Å². The number of fused-ring (bicyclic) bond motifs is 1. The number of benzene rings is 1. The summed E-state index contributed by atoms with van der Waals surface area (Å²) in [5.41, 5.74) is -0.900. The van der Waals surface area contributed by atoms with Gasteiger partial charge in [-0.25, -0.2) is 13.2 Å². The summed E-state index contributed by atoms with van der Waals surface area (Å²) in [5, 5.41) is 2.18. The molecule has 13 heteroatoms. The number of ether oxygens (including phenoxy) is 2. The van der Waals surface area contributed by atoms with Gasteiger partial charge in [-0.15, -0.1) is 13.2 Å². The zero-order valence-electron chi connectivity index (χ0n) is 25.6. The summed E-state index contributed by atoms with van der Waals surface area (Å²) < 4.78 is 38.7. The van der Waals surface area contributed by atoms with Crippen LogP contribution < -0.4 is 19.7 Å². The average Bonchev–Trinajstić information content (AvgIpc) is 3.95. The lowest BCUT2D eigenvalue weighted by atomic mass is 9.93. The van der Waals surface area contributed by atoms with Gasteiger partial charge in [0.25, 0.3) is 5.91 Å². The maximum atomic E-state index is 13.9. The highest BCUT2D eigenvalue weighted by atomic mass is 32.2. The molecule has 0 spiro atoms. The Balaban J connectivity index is 1.32. The van der Waals surface area contributed by atoms with Crippen molar-refractivity contribution in [3.63, 3.8) is 0 Å². The number of nitrogens with zero attached hydrogens (tertiary/aromatic N) is 2. The third-order valence-corrected chi connectivity index (χ3v) is 11.0. The third-order valence-electron chi connectivity index (χ3n) is 9.17. The van der Waals surface area contributed by atoms with Crippen molar-refractivity contribution in [2.75, 3.05) is 31.6 Å². The van der Waals surface area contributed by atoms with Gasteiger partial charge in [-0.05, 0) is 63.5 Å². The quantitative estimate of drug-likeness (QED) is 0.246. The molecular formula is C32H42N4O8S. The molecule has 3 fully saturated rings. The zero-order chi connectivity index (χ0) is 32.4. The molecule has 1 aromatic rings. The number of allylic oxidation sites excluding steroid dienone is 1. The zero-order valence-corrected chi connectivity index (χ0v) is 26.4. The second kappa shape index (κ2) is 13.2. The van der Waals surface area contributed by atoms with Crippen LogP contribution in [0.2, 0.25) is 0 Å². The number of hydrogen-bond donors (Lipinski definition) is 2. The molecule has 5 atom stereocenters. The molecular weight excluding hydrogens is 600 g/mol. The Labute approximate surface area is 264 Å². The van der Waals surface area contributed by atoms with E-state index in [1.165, 1.54) is 11.0 Å². The van der Waals surface area contributed by atoms with E-state index in [1.54, 1.807) is 30.1 Å². The van der Waals surface area contributed by atoms with Gasteiger partial charge in [0, 0.05) is 19.5 Å². The monoisotopic (exact) mass is 642 g/mol. The summed E-state index contributed by atoms with van der Waals surface area (Å²) >= 11 is 0. The Kier molecular flexibility index (Phi) is 9.57. The Morgan fingerprint density at radius 2 is 1.87 bits per heavy atom. The molecule has 244 valence electrons. The lowest BCUT2D eigenvalue weighted by Crippen LogP contribution is -2.54. The summed E-state index contributed by atoms with van der Waals surface area (Å²) in [6.07, 6.45) is 5.80. The maximum Gasteiger partial charge on any atom is 0.414 e. The van der Waals surface area contributed by atoms with Crippen molar-refractivity contribution >= 4 is 39.5 Å². The Bertz CT molecular complexity index is 1460. The minimum Gasteiger partial charge on any atom is -0.490 e. The molecule has 1 aliphatic heterocycles. The van der Waals surface area contributed by atoms with Crippen LogP contribution in [0.1, 0.15) is 51.4 Å². The number of unbranched alkanes of at least 4 members (excludes halogenated alkanes) is 2. The minimum atomic E-state index is -3.84. The number of carbonyl (C=O) groups is 4. The Morgan fingerprint density at radius 3 is 2.56 bits per heavy atom. The van der Waals surface area contributed by atoms with Crippen LogP contribution in [0.5, 0.6) is 5.75 Å². The highest BCUT2D eigenvalue weighted by Gasteiger charge is 2.62. The summed E-state index contributed by atoms with van der Waals surface area (Å²) in [4.78, 5) is 57.3. The number of para-hydroxylation sites is 2. The summed E-state index contributed by atoms with van der Waals surface area (Å²) in [6, 6.07) is 7.12. The van der Waals surface area contributed by atoms with E-state index in [4.69, 9.17) is 9.47 Å². The largest absolute Gasteiger partial charge is 0.490 e. The fourth-order valence-corrected chi connectivity index (χ4v) is 7.64. The Hall–Kier alpha value is -3.87. The normalized spacial score (nSPS) is 26.9. The van der Waals surface area contributed by atoms with Crippen molar-refractivity contribution in [2.24, 2.45) is 17.8 Å². The first-order valence-corrected chi connectivity index (χ1v) is 17.1. The molecule has 1 aromatic carbocycles. The van der Waals surface area contributed by atoms with Gasteiger partial charge in [0.15, 0.2) is 0 Å².